The van der Waals surface area contributed by atoms with E-state index in [2.05, 4.69) is 15.2 Å². The van der Waals surface area contributed by atoms with Crippen molar-refractivity contribution >= 4 is 17.3 Å². The first kappa shape index (κ1) is 10.8. The van der Waals surface area contributed by atoms with E-state index < -0.39 is 0 Å². The summed E-state index contributed by atoms with van der Waals surface area (Å²) < 4.78 is 5.21. The Hall–Kier alpha value is -1.75. The minimum absolute atomic E-state index is 0.457. The van der Waals surface area contributed by atoms with Gasteiger partial charge in [-0.25, -0.2) is 4.98 Å². The summed E-state index contributed by atoms with van der Waals surface area (Å²) in [6.45, 7) is 1.82. The number of aromatic nitrogens is 3. The Morgan fingerprint density at radius 1 is 1.44 bits per heavy atom. The van der Waals surface area contributed by atoms with Crippen LogP contribution in [-0.2, 0) is 0 Å². The number of nitrogens with zero attached hydrogens (tertiary/aromatic N) is 2. The molecule has 0 amide bonds. The van der Waals surface area contributed by atoms with Gasteiger partial charge in [0.1, 0.15) is 11.6 Å². The largest absolute Gasteiger partial charge is 0.496 e. The third-order valence-corrected chi connectivity index (χ3v) is 2.48. The molecule has 0 aliphatic heterocycles. The number of benzene rings is 1. The summed E-state index contributed by atoms with van der Waals surface area (Å²) in [5.41, 5.74) is 6.87. The lowest BCUT2D eigenvalue weighted by Gasteiger charge is -2.07. The molecular weight excluding hydrogens is 228 g/mol. The lowest BCUT2D eigenvalue weighted by molar-refractivity contribution is 0.416. The molecule has 0 aliphatic carbocycles. The van der Waals surface area contributed by atoms with Crippen molar-refractivity contribution in [2.45, 2.75) is 6.92 Å². The Labute approximate surface area is 97.6 Å². The first-order valence-corrected chi connectivity index (χ1v) is 5.02. The van der Waals surface area contributed by atoms with Crippen LogP contribution in [0, 0.1) is 6.92 Å². The van der Waals surface area contributed by atoms with Gasteiger partial charge in [0, 0.05) is 6.07 Å². The molecule has 2 rings (SSSR count). The highest BCUT2D eigenvalue weighted by molar-refractivity contribution is 6.33. The number of anilines is 1. The zero-order valence-electron chi connectivity index (χ0n) is 8.91. The van der Waals surface area contributed by atoms with E-state index >= 15 is 0 Å². The molecule has 0 spiro atoms. The maximum atomic E-state index is 5.95. The van der Waals surface area contributed by atoms with E-state index in [4.69, 9.17) is 22.1 Å². The molecule has 1 aromatic carbocycles. The molecule has 0 aliphatic rings. The molecule has 1 heterocycles. The molecule has 84 valence electrons. The van der Waals surface area contributed by atoms with E-state index in [1.165, 1.54) is 0 Å². The first-order valence-electron chi connectivity index (χ1n) is 4.64. The molecule has 0 bridgehead atoms. The highest BCUT2D eigenvalue weighted by Crippen LogP contribution is 2.34. The maximum Gasteiger partial charge on any atom is 0.184 e. The number of aromatic amines is 1. The number of rotatable bonds is 2. The van der Waals surface area contributed by atoms with Gasteiger partial charge >= 0.3 is 0 Å². The minimum Gasteiger partial charge on any atom is -0.496 e. The summed E-state index contributed by atoms with van der Waals surface area (Å²) in [4.78, 5) is 4.21. The second-order valence-electron chi connectivity index (χ2n) is 3.32. The van der Waals surface area contributed by atoms with Crippen molar-refractivity contribution in [2.24, 2.45) is 0 Å². The monoisotopic (exact) mass is 238 g/mol. The van der Waals surface area contributed by atoms with Gasteiger partial charge in [0.2, 0.25) is 0 Å². The van der Waals surface area contributed by atoms with Gasteiger partial charge in [-0.2, -0.15) is 5.10 Å². The van der Waals surface area contributed by atoms with E-state index in [1.807, 2.05) is 6.92 Å². The molecule has 0 unspecified atom stereocenters. The Kier molecular flexibility index (Phi) is 2.70. The third-order valence-electron chi connectivity index (χ3n) is 2.16. The predicted octanol–water partition coefficient (Wildman–Crippen LogP) is 2.02. The standard InChI is InChI=1S/C10H11ClN4O/c1-5-13-10(15-14-5)6-3-7(11)8(12)4-9(6)16-2/h3-4H,12H2,1-2H3,(H,13,14,15). The molecule has 0 saturated heterocycles. The summed E-state index contributed by atoms with van der Waals surface area (Å²) in [6.07, 6.45) is 0. The number of nitrogens with one attached hydrogen (secondary N) is 1. The van der Waals surface area contributed by atoms with Crippen molar-refractivity contribution in [1.29, 1.82) is 0 Å². The number of ether oxygens (including phenoxy) is 1. The molecule has 3 N–H and O–H groups in total. The van der Waals surface area contributed by atoms with Crippen LogP contribution in [0.15, 0.2) is 12.1 Å². The van der Waals surface area contributed by atoms with Crippen LogP contribution in [0.2, 0.25) is 5.02 Å². The fourth-order valence-corrected chi connectivity index (χ4v) is 1.54. The summed E-state index contributed by atoms with van der Waals surface area (Å²) in [5.74, 6) is 1.86. The molecular formula is C10H11ClN4O. The van der Waals surface area contributed by atoms with Crippen molar-refractivity contribution in [3.63, 3.8) is 0 Å². The van der Waals surface area contributed by atoms with Crippen LogP contribution in [0.25, 0.3) is 11.4 Å². The zero-order valence-corrected chi connectivity index (χ0v) is 9.67. The molecule has 0 atom stereocenters. The third kappa shape index (κ3) is 1.81. The van der Waals surface area contributed by atoms with Crippen molar-refractivity contribution in [1.82, 2.24) is 15.2 Å². The zero-order chi connectivity index (χ0) is 11.7. The number of halogens is 1. The predicted molar refractivity (Wildman–Crippen MR) is 62.5 cm³/mol. The molecule has 0 saturated carbocycles. The number of nitrogens with two attached hydrogens (primary N) is 1. The van der Waals surface area contributed by atoms with Crippen LogP contribution in [0.4, 0.5) is 5.69 Å². The van der Waals surface area contributed by atoms with Crippen LogP contribution in [0.3, 0.4) is 0 Å². The summed E-state index contributed by atoms with van der Waals surface area (Å²) >= 11 is 5.95. The van der Waals surface area contributed by atoms with Crippen LogP contribution < -0.4 is 10.5 Å². The number of methoxy groups -OCH3 is 1. The fraction of sp³-hybridized carbons (Fsp3) is 0.200. The van der Waals surface area contributed by atoms with Gasteiger partial charge in [0.25, 0.3) is 0 Å². The van der Waals surface area contributed by atoms with Gasteiger partial charge in [-0.1, -0.05) is 11.6 Å². The highest BCUT2D eigenvalue weighted by atomic mass is 35.5. The van der Waals surface area contributed by atoms with Crippen molar-refractivity contribution < 1.29 is 4.74 Å². The number of aryl methyl sites for hydroxylation is 1. The Balaban J connectivity index is 2.59. The van der Waals surface area contributed by atoms with Crippen molar-refractivity contribution in [3.05, 3.63) is 23.0 Å². The molecule has 2 aromatic rings. The number of hydrogen-bond acceptors (Lipinski definition) is 4. The lowest BCUT2D eigenvalue weighted by atomic mass is 10.1. The van der Waals surface area contributed by atoms with E-state index in [9.17, 15) is 0 Å². The van der Waals surface area contributed by atoms with Crippen LogP contribution >= 0.6 is 11.6 Å². The number of hydrogen-bond donors (Lipinski definition) is 2. The van der Waals surface area contributed by atoms with Gasteiger partial charge in [-0.15, -0.1) is 0 Å². The molecule has 1 aromatic heterocycles. The topological polar surface area (TPSA) is 76.8 Å². The maximum absolute atomic E-state index is 5.95. The molecule has 0 radical (unpaired) electrons. The van der Waals surface area contributed by atoms with Gasteiger partial charge in [0.15, 0.2) is 5.82 Å². The molecule has 5 nitrogen and oxygen atoms in total. The first-order chi connectivity index (χ1) is 7.61. The number of H-pyrrole nitrogens is 1. The second-order valence-corrected chi connectivity index (χ2v) is 3.73. The van der Waals surface area contributed by atoms with E-state index in [0.29, 0.717) is 27.8 Å². The smallest absolute Gasteiger partial charge is 0.184 e. The summed E-state index contributed by atoms with van der Waals surface area (Å²) in [7, 11) is 1.56. The van der Waals surface area contributed by atoms with Crippen molar-refractivity contribution in [2.75, 3.05) is 12.8 Å². The summed E-state index contributed by atoms with van der Waals surface area (Å²) in [6, 6.07) is 3.35. The Morgan fingerprint density at radius 3 is 2.75 bits per heavy atom. The summed E-state index contributed by atoms with van der Waals surface area (Å²) in [5, 5.41) is 7.27. The molecule has 0 fully saturated rings. The van der Waals surface area contributed by atoms with Gasteiger partial charge in [-0.05, 0) is 13.0 Å². The average Bonchev–Trinajstić information content (AvgIpc) is 2.68. The average molecular weight is 239 g/mol. The molecule has 16 heavy (non-hydrogen) atoms. The van der Waals surface area contributed by atoms with E-state index in [-0.39, 0.29) is 0 Å². The van der Waals surface area contributed by atoms with E-state index in [0.717, 1.165) is 5.82 Å². The Morgan fingerprint density at radius 2 is 2.19 bits per heavy atom. The Bertz CT molecular complexity index is 524. The van der Waals surface area contributed by atoms with Crippen LogP contribution in [-0.4, -0.2) is 22.3 Å². The van der Waals surface area contributed by atoms with Gasteiger partial charge in [0.05, 0.1) is 23.4 Å². The second kappa shape index (κ2) is 4.02. The van der Waals surface area contributed by atoms with Gasteiger partial charge in [-0.3, -0.25) is 5.10 Å². The van der Waals surface area contributed by atoms with Crippen LogP contribution in [0.5, 0.6) is 5.75 Å². The lowest BCUT2D eigenvalue weighted by Crippen LogP contribution is -1.94. The van der Waals surface area contributed by atoms with E-state index in [1.54, 1.807) is 19.2 Å². The SMILES string of the molecule is COc1cc(N)c(Cl)cc1-c1n[nH]c(C)n1. The van der Waals surface area contributed by atoms with Gasteiger partial charge < -0.3 is 10.5 Å². The van der Waals surface area contributed by atoms with Crippen LogP contribution in [0.1, 0.15) is 5.82 Å². The normalized spacial score (nSPS) is 10.4. The minimum atomic E-state index is 0.457. The molecule has 6 heteroatoms. The quantitative estimate of drug-likeness (QED) is 0.785. The highest BCUT2D eigenvalue weighted by Gasteiger charge is 2.13. The number of nitrogen functional groups attached to an aromatic ring is 1. The van der Waals surface area contributed by atoms with Crippen molar-refractivity contribution in [3.8, 4) is 17.1 Å². The fourth-order valence-electron chi connectivity index (χ4n) is 1.38.